The van der Waals surface area contributed by atoms with Gasteiger partial charge in [-0.25, -0.2) is 4.39 Å². The highest BCUT2D eigenvalue weighted by atomic mass is 35.5. The number of hydrogen-bond donors (Lipinski definition) is 2. The van der Waals surface area contributed by atoms with Crippen LogP contribution in [0.2, 0.25) is 10.0 Å². The first-order valence-corrected chi connectivity index (χ1v) is 6.46. The molecule has 0 aliphatic carbocycles. The van der Waals surface area contributed by atoms with Gasteiger partial charge in [-0.05, 0) is 12.1 Å². The van der Waals surface area contributed by atoms with Crippen LogP contribution >= 0.6 is 23.2 Å². The molecular formula is C13H10BCl2FO3. The van der Waals surface area contributed by atoms with Crippen molar-refractivity contribution in [2.45, 2.75) is 6.61 Å². The maximum Gasteiger partial charge on any atom is 0.492 e. The molecule has 7 heteroatoms. The number of hydrogen-bond acceptors (Lipinski definition) is 3. The van der Waals surface area contributed by atoms with Crippen LogP contribution in [0.5, 0.6) is 5.75 Å². The van der Waals surface area contributed by atoms with E-state index in [1.54, 1.807) is 18.2 Å². The molecule has 0 radical (unpaired) electrons. The molecule has 0 amide bonds. The van der Waals surface area contributed by atoms with Gasteiger partial charge in [0.1, 0.15) is 18.2 Å². The van der Waals surface area contributed by atoms with Crippen LogP contribution in [0.4, 0.5) is 4.39 Å². The predicted octanol–water partition coefficient (Wildman–Crippen LogP) is 2.39. The Kier molecular flexibility index (Phi) is 4.88. The average Bonchev–Trinajstić information content (AvgIpc) is 2.40. The zero-order valence-corrected chi connectivity index (χ0v) is 11.7. The Morgan fingerprint density at radius 1 is 1.15 bits per heavy atom. The van der Waals surface area contributed by atoms with Crippen LogP contribution in [-0.4, -0.2) is 17.2 Å². The summed E-state index contributed by atoms with van der Waals surface area (Å²) < 4.78 is 18.6. The number of halogens is 3. The SMILES string of the molecule is OB(O)c1ccc(F)cc1OCc1cccc(Cl)c1Cl. The molecule has 0 aromatic heterocycles. The highest BCUT2D eigenvalue weighted by Crippen LogP contribution is 2.26. The Labute approximate surface area is 125 Å². The van der Waals surface area contributed by atoms with E-state index in [0.29, 0.717) is 15.6 Å². The second kappa shape index (κ2) is 6.46. The maximum atomic E-state index is 13.2. The summed E-state index contributed by atoms with van der Waals surface area (Å²) in [7, 11) is -1.75. The van der Waals surface area contributed by atoms with Crippen LogP contribution < -0.4 is 10.2 Å². The fraction of sp³-hybridized carbons (Fsp3) is 0.0769. The third-order valence-corrected chi connectivity index (χ3v) is 3.53. The van der Waals surface area contributed by atoms with E-state index in [2.05, 4.69) is 0 Å². The van der Waals surface area contributed by atoms with Crippen molar-refractivity contribution in [2.24, 2.45) is 0 Å². The largest absolute Gasteiger partial charge is 0.492 e. The lowest BCUT2D eigenvalue weighted by Crippen LogP contribution is -2.31. The molecule has 104 valence electrons. The summed E-state index contributed by atoms with van der Waals surface area (Å²) in [6, 6.07) is 8.50. The lowest BCUT2D eigenvalue weighted by Gasteiger charge is -2.12. The standard InChI is InChI=1S/C13H10BCl2FO3/c15-11-3-1-2-8(13(11)16)7-20-12-6-9(17)4-5-10(12)14(18)19/h1-6,18-19H,7H2. The molecule has 0 spiro atoms. The third kappa shape index (κ3) is 3.43. The zero-order valence-electron chi connectivity index (χ0n) is 10.2. The summed E-state index contributed by atoms with van der Waals surface area (Å²) in [6.07, 6.45) is 0. The first-order chi connectivity index (χ1) is 9.49. The summed E-state index contributed by atoms with van der Waals surface area (Å²) in [5, 5.41) is 19.1. The van der Waals surface area contributed by atoms with Crippen molar-refractivity contribution < 1.29 is 19.2 Å². The van der Waals surface area contributed by atoms with Gasteiger partial charge in [-0.1, -0.05) is 41.4 Å². The predicted molar refractivity (Wildman–Crippen MR) is 77.0 cm³/mol. The quantitative estimate of drug-likeness (QED) is 0.852. The van der Waals surface area contributed by atoms with Gasteiger partial charge in [-0.15, -0.1) is 0 Å². The van der Waals surface area contributed by atoms with Crippen LogP contribution in [0.3, 0.4) is 0 Å². The molecule has 0 fully saturated rings. The molecule has 0 aliphatic heterocycles. The van der Waals surface area contributed by atoms with E-state index in [4.69, 9.17) is 27.9 Å². The van der Waals surface area contributed by atoms with E-state index in [9.17, 15) is 14.4 Å². The number of benzene rings is 2. The Morgan fingerprint density at radius 2 is 1.90 bits per heavy atom. The summed E-state index contributed by atoms with van der Waals surface area (Å²) >= 11 is 11.9. The van der Waals surface area contributed by atoms with Crippen molar-refractivity contribution in [1.29, 1.82) is 0 Å². The van der Waals surface area contributed by atoms with Crippen molar-refractivity contribution >= 4 is 35.8 Å². The van der Waals surface area contributed by atoms with Crippen molar-refractivity contribution in [2.75, 3.05) is 0 Å². The lowest BCUT2D eigenvalue weighted by molar-refractivity contribution is 0.305. The minimum Gasteiger partial charge on any atom is -0.489 e. The van der Waals surface area contributed by atoms with Gasteiger partial charge < -0.3 is 14.8 Å². The Hall–Kier alpha value is -1.27. The van der Waals surface area contributed by atoms with Gasteiger partial charge in [0.15, 0.2) is 0 Å². The zero-order chi connectivity index (χ0) is 14.7. The molecule has 0 saturated carbocycles. The molecular weight excluding hydrogens is 305 g/mol. The molecule has 3 nitrogen and oxygen atoms in total. The van der Waals surface area contributed by atoms with E-state index in [-0.39, 0.29) is 17.8 Å². The van der Waals surface area contributed by atoms with Gasteiger partial charge in [0.25, 0.3) is 0 Å². The third-order valence-electron chi connectivity index (χ3n) is 2.67. The topological polar surface area (TPSA) is 49.7 Å². The minimum absolute atomic E-state index is 0.0303. The van der Waals surface area contributed by atoms with Crippen molar-refractivity contribution in [3.63, 3.8) is 0 Å². The minimum atomic E-state index is -1.75. The molecule has 2 aromatic carbocycles. The summed E-state index contributed by atoms with van der Waals surface area (Å²) in [5.41, 5.74) is 0.686. The highest BCUT2D eigenvalue weighted by Gasteiger charge is 2.18. The van der Waals surface area contributed by atoms with Crippen LogP contribution in [0.1, 0.15) is 5.56 Å². The van der Waals surface area contributed by atoms with E-state index in [1.807, 2.05) is 0 Å². The monoisotopic (exact) mass is 314 g/mol. The van der Waals surface area contributed by atoms with Crippen LogP contribution in [0, 0.1) is 5.82 Å². The van der Waals surface area contributed by atoms with E-state index in [0.717, 1.165) is 12.1 Å². The molecule has 2 rings (SSSR count). The molecule has 0 unspecified atom stereocenters. The molecule has 20 heavy (non-hydrogen) atoms. The first kappa shape index (κ1) is 15.1. The van der Waals surface area contributed by atoms with Gasteiger partial charge in [0.2, 0.25) is 0 Å². The van der Waals surface area contributed by atoms with Crippen LogP contribution in [0.25, 0.3) is 0 Å². The van der Waals surface area contributed by atoms with E-state index < -0.39 is 12.9 Å². The smallest absolute Gasteiger partial charge is 0.489 e. The van der Waals surface area contributed by atoms with E-state index in [1.165, 1.54) is 6.07 Å². The van der Waals surface area contributed by atoms with Crippen molar-refractivity contribution in [1.82, 2.24) is 0 Å². The van der Waals surface area contributed by atoms with Crippen molar-refractivity contribution in [3.05, 3.63) is 57.8 Å². The molecule has 0 aliphatic rings. The van der Waals surface area contributed by atoms with Gasteiger partial charge in [0.05, 0.1) is 10.0 Å². The normalized spacial score (nSPS) is 10.4. The second-order valence-electron chi connectivity index (χ2n) is 4.06. The highest BCUT2D eigenvalue weighted by molar-refractivity contribution is 6.59. The van der Waals surface area contributed by atoms with Gasteiger partial charge >= 0.3 is 7.12 Å². The van der Waals surface area contributed by atoms with Crippen molar-refractivity contribution in [3.8, 4) is 5.75 Å². The van der Waals surface area contributed by atoms with Crippen LogP contribution in [0.15, 0.2) is 36.4 Å². The number of ether oxygens (including phenoxy) is 1. The maximum absolute atomic E-state index is 13.2. The lowest BCUT2D eigenvalue weighted by atomic mass is 9.79. The first-order valence-electron chi connectivity index (χ1n) is 5.70. The fourth-order valence-electron chi connectivity index (χ4n) is 1.66. The Morgan fingerprint density at radius 3 is 2.60 bits per heavy atom. The van der Waals surface area contributed by atoms with Crippen LogP contribution in [-0.2, 0) is 6.61 Å². The summed E-state index contributed by atoms with van der Waals surface area (Å²) in [4.78, 5) is 0. The summed E-state index contributed by atoms with van der Waals surface area (Å²) in [5.74, 6) is -0.502. The molecule has 0 bridgehead atoms. The molecule has 0 saturated heterocycles. The molecule has 2 aromatic rings. The van der Waals surface area contributed by atoms with Gasteiger partial charge in [-0.3, -0.25) is 0 Å². The molecule has 0 atom stereocenters. The second-order valence-corrected chi connectivity index (χ2v) is 4.84. The molecule has 2 N–H and O–H groups in total. The molecule has 0 heterocycles. The van der Waals surface area contributed by atoms with Gasteiger partial charge in [-0.2, -0.15) is 0 Å². The fourth-order valence-corrected chi connectivity index (χ4v) is 2.04. The number of rotatable bonds is 4. The Balaban J connectivity index is 2.22. The average molecular weight is 315 g/mol. The van der Waals surface area contributed by atoms with Gasteiger partial charge in [0, 0.05) is 17.1 Å². The summed E-state index contributed by atoms with van der Waals surface area (Å²) in [6.45, 7) is 0.0303. The Bertz CT molecular complexity index is 623. The van der Waals surface area contributed by atoms with E-state index >= 15 is 0 Å².